The molecule has 10 nitrogen and oxygen atoms in total. The lowest BCUT2D eigenvalue weighted by atomic mass is 9.93. The summed E-state index contributed by atoms with van der Waals surface area (Å²) in [6.45, 7) is 9.44. The highest BCUT2D eigenvalue weighted by Gasteiger charge is 2.34. The molecule has 0 amide bonds. The average molecular weight is 589 g/mol. The van der Waals surface area contributed by atoms with E-state index in [0.717, 1.165) is 77.5 Å². The van der Waals surface area contributed by atoms with Crippen LogP contribution in [0, 0.1) is 4.91 Å². The van der Waals surface area contributed by atoms with Crippen LogP contribution in [0.5, 0.6) is 5.75 Å². The van der Waals surface area contributed by atoms with Gasteiger partial charge in [-0.2, -0.15) is 0 Å². The Balaban J connectivity index is 1.39. The van der Waals surface area contributed by atoms with Gasteiger partial charge in [-0.1, -0.05) is 31.9 Å². The van der Waals surface area contributed by atoms with E-state index in [0.29, 0.717) is 43.8 Å². The number of hydrogen-bond acceptors (Lipinski definition) is 8. The van der Waals surface area contributed by atoms with Gasteiger partial charge >= 0.3 is 0 Å². The monoisotopic (exact) mass is 588 g/mol. The topological polar surface area (TPSA) is 108 Å². The first-order chi connectivity index (χ1) is 21.0. The van der Waals surface area contributed by atoms with Crippen molar-refractivity contribution in [3.05, 3.63) is 70.7 Å². The van der Waals surface area contributed by atoms with Crippen LogP contribution in [0.25, 0.3) is 0 Å². The molecular formula is C33H46N7O3+. The van der Waals surface area contributed by atoms with Gasteiger partial charge in [-0.15, -0.1) is 0 Å². The maximum atomic E-state index is 11.6. The molecule has 1 aromatic rings. The average Bonchev–Trinajstić information content (AvgIpc) is 3.40. The Morgan fingerprint density at radius 2 is 1.93 bits per heavy atom. The Labute approximate surface area is 255 Å². The molecular weight excluding hydrogens is 542 g/mol. The number of piperazine rings is 1. The fourth-order valence-electron chi connectivity index (χ4n) is 6.23. The predicted molar refractivity (Wildman–Crippen MR) is 174 cm³/mol. The van der Waals surface area contributed by atoms with Gasteiger partial charge in [0.1, 0.15) is 23.6 Å². The molecule has 0 aromatic heterocycles. The van der Waals surface area contributed by atoms with E-state index in [1.165, 1.54) is 19.3 Å². The van der Waals surface area contributed by atoms with E-state index in [4.69, 9.17) is 25.2 Å². The van der Waals surface area contributed by atoms with Gasteiger partial charge in [-0.05, 0) is 57.2 Å². The van der Waals surface area contributed by atoms with E-state index < -0.39 is 0 Å². The summed E-state index contributed by atoms with van der Waals surface area (Å²) in [7, 11) is 1.66. The normalized spacial score (nSPS) is 24.2. The van der Waals surface area contributed by atoms with Crippen molar-refractivity contribution in [1.29, 1.82) is 0 Å². The third-order valence-corrected chi connectivity index (χ3v) is 8.61. The number of hydrogen-bond donors (Lipinski definition) is 2. The minimum Gasteiger partial charge on any atom is -0.494 e. The van der Waals surface area contributed by atoms with Gasteiger partial charge in [0.05, 0.1) is 31.6 Å². The Bertz CT molecular complexity index is 1320. The van der Waals surface area contributed by atoms with Crippen LogP contribution < -0.4 is 20.7 Å². The van der Waals surface area contributed by atoms with Crippen molar-refractivity contribution in [3.63, 3.8) is 0 Å². The van der Waals surface area contributed by atoms with Gasteiger partial charge in [0.2, 0.25) is 13.1 Å². The molecule has 1 unspecified atom stereocenters. The van der Waals surface area contributed by atoms with E-state index in [9.17, 15) is 4.91 Å². The molecule has 2 saturated heterocycles. The number of amidine groups is 1. The highest BCUT2D eigenvalue weighted by molar-refractivity contribution is 6.08. The minimum absolute atomic E-state index is 0.121. The molecule has 0 radical (unpaired) electrons. The lowest BCUT2D eigenvalue weighted by Gasteiger charge is -2.35. The third kappa shape index (κ3) is 7.36. The number of nitrogens with one attached hydrogen (secondary N) is 1. The third-order valence-electron chi connectivity index (χ3n) is 8.61. The van der Waals surface area contributed by atoms with Crippen LogP contribution in [0.1, 0.15) is 58.3 Å². The van der Waals surface area contributed by atoms with Gasteiger partial charge < -0.3 is 30.3 Å². The van der Waals surface area contributed by atoms with E-state index in [1.54, 1.807) is 13.3 Å². The molecule has 1 saturated carbocycles. The molecule has 10 heteroatoms. The van der Waals surface area contributed by atoms with Gasteiger partial charge in [0, 0.05) is 57.6 Å². The standard InChI is InChI=1S/C33H46N7O3/c1-4-25-20-30(26(22-34)23-35-32-12-8-9-19-43-32)40(27-10-6-5-7-11-27)33(25)37-24(2)36-29-14-13-28(21-31(29)42-3)38-15-17-39(41)18-16-38/h4,13-14,20-23,27,32,36H,2,5-12,15-19,34H2,1,3H3/q+1/b25-4-,26-22+,35-23+,37-33+. The summed E-state index contributed by atoms with van der Waals surface area (Å²) in [4.78, 5) is 26.0. The van der Waals surface area contributed by atoms with Crippen molar-refractivity contribution in [3.8, 4) is 5.75 Å². The van der Waals surface area contributed by atoms with Crippen molar-refractivity contribution < 1.29 is 14.2 Å². The van der Waals surface area contributed by atoms with Crippen molar-refractivity contribution >= 4 is 23.4 Å². The number of allylic oxidation sites excluding steroid dienone is 2. The number of nitrogens with two attached hydrogens (primary N) is 1. The maximum absolute atomic E-state index is 11.6. The van der Waals surface area contributed by atoms with Crippen molar-refractivity contribution in [2.24, 2.45) is 15.7 Å². The molecule has 5 rings (SSSR count). The molecule has 3 aliphatic heterocycles. The SMILES string of the molecule is C=C(/N=C1\C(=C/C)C=C(C(=C/N)/C=N/C2CCCCO2)N1C1CCCCC1)Nc1ccc(N2CC[N+](=O)CC2)cc1OC. The number of ether oxygens (including phenoxy) is 2. The number of nitroso groups, excluding NO2 is 1. The number of benzene rings is 1. The first-order valence-electron chi connectivity index (χ1n) is 15.6. The van der Waals surface area contributed by atoms with Gasteiger partial charge in [0.15, 0.2) is 0 Å². The van der Waals surface area contributed by atoms with Crippen LogP contribution in [-0.4, -0.2) is 73.9 Å². The first-order valence-corrected chi connectivity index (χ1v) is 15.6. The minimum atomic E-state index is -0.121. The molecule has 4 aliphatic rings. The molecule has 3 heterocycles. The molecule has 0 spiro atoms. The van der Waals surface area contributed by atoms with Crippen LogP contribution >= 0.6 is 0 Å². The van der Waals surface area contributed by atoms with Crippen molar-refractivity contribution in [2.45, 2.75) is 70.6 Å². The molecule has 1 aromatic carbocycles. The number of methoxy groups -OCH3 is 1. The summed E-state index contributed by atoms with van der Waals surface area (Å²) in [6, 6.07) is 6.33. The number of anilines is 2. The quantitative estimate of drug-likeness (QED) is 0.290. The summed E-state index contributed by atoms with van der Waals surface area (Å²) in [6.07, 6.45) is 16.6. The second-order valence-corrected chi connectivity index (χ2v) is 11.5. The fraction of sp³-hybridized carbons (Fsp3) is 0.515. The van der Waals surface area contributed by atoms with Crippen molar-refractivity contribution in [2.75, 3.05) is 50.1 Å². The van der Waals surface area contributed by atoms with Crippen LogP contribution in [0.2, 0.25) is 0 Å². The van der Waals surface area contributed by atoms with Gasteiger partial charge in [0.25, 0.3) is 0 Å². The van der Waals surface area contributed by atoms with Crippen LogP contribution in [0.15, 0.2) is 75.8 Å². The second kappa shape index (κ2) is 14.5. The molecule has 230 valence electrons. The smallest absolute Gasteiger partial charge is 0.209 e. The molecule has 3 N–H and O–H groups in total. The molecule has 0 bridgehead atoms. The molecule has 1 atom stereocenters. The summed E-state index contributed by atoms with van der Waals surface area (Å²) in [5, 5.41) is 3.38. The molecule has 1 aliphatic carbocycles. The van der Waals surface area contributed by atoms with Crippen LogP contribution in [0.4, 0.5) is 11.4 Å². The Morgan fingerprint density at radius 1 is 1.16 bits per heavy atom. The largest absolute Gasteiger partial charge is 0.494 e. The van der Waals surface area contributed by atoms with E-state index >= 15 is 0 Å². The Hall–Kier alpha value is -3.92. The highest BCUT2D eigenvalue weighted by atomic mass is 16.5. The zero-order valence-electron chi connectivity index (χ0n) is 25.6. The Kier molecular flexibility index (Phi) is 10.3. The molecule has 3 fully saturated rings. The van der Waals surface area contributed by atoms with E-state index in [2.05, 4.69) is 33.8 Å². The maximum Gasteiger partial charge on any atom is 0.209 e. The summed E-state index contributed by atoms with van der Waals surface area (Å²) < 4.78 is 12.7. The van der Waals surface area contributed by atoms with Gasteiger partial charge in [-0.25, -0.2) is 4.99 Å². The summed E-state index contributed by atoms with van der Waals surface area (Å²) in [5.74, 6) is 2.06. The van der Waals surface area contributed by atoms with Crippen LogP contribution in [-0.2, 0) is 4.74 Å². The van der Waals surface area contributed by atoms with Crippen molar-refractivity contribution in [1.82, 2.24) is 4.90 Å². The number of nitrogens with zero attached hydrogens (tertiary/aromatic N) is 5. The van der Waals surface area contributed by atoms with E-state index in [-0.39, 0.29) is 6.23 Å². The zero-order valence-corrected chi connectivity index (χ0v) is 25.6. The van der Waals surface area contributed by atoms with E-state index in [1.807, 2.05) is 31.3 Å². The lowest BCUT2D eigenvalue weighted by Crippen LogP contribution is -2.41. The number of rotatable bonds is 9. The highest BCUT2D eigenvalue weighted by Crippen LogP contribution is 2.36. The zero-order chi connectivity index (χ0) is 30.2. The second-order valence-electron chi connectivity index (χ2n) is 11.5. The molecule has 43 heavy (non-hydrogen) atoms. The predicted octanol–water partition coefficient (Wildman–Crippen LogP) is 5.49. The van der Waals surface area contributed by atoms with Crippen LogP contribution in [0.3, 0.4) is 0 Å². The fourth-order valence-corrected chi connectivity index (χ4v) is 6.23. The first kappa shape index (κ1) is 30.5. The lowest BCUT2D eigenvalue weighted by molar-refractivity contribution is -0.550. The van der Waals surface area contributed by atoms with Gasteiger partial charge in [-0.3, -0.25) is 4.99 Å². The Morgan fingerprint density at radius 3 is 2.60 bits per heavy atom. The summed E-state index contributed by atoms with van der Waals surface area (Å²) in [5.41, 5.74) is 10.9. The number of aliphatic imine (C=N–C) groups is 2. The summed E-state index contributed by atoms with van der Waals surface area (Å²) >= 11 is 0.